The molecule has 0 atom stereocenters. The van der Waals surface area contributed by atoms with Gasteiger partial charge in [0.2, 0.25) is 5.91 Å². The number of methoxy groups -OCH3 is 1. The van der Waals surface area contributed by atoms with Crippen LogP contribution in [0, 0.1) is 0 Å². The minimum atomic E-state index is -0.431. The molecule has 2 aromatic rings. The van der Waals surface area contributed by atoms with E-state index in [2.05, 4.69) is 31.8 Å². The SMILES string of the molecule is COc1ccc(CC(=O)NCC(=O)NN=Cc2ccc(Br)o2)cc1. The zero-order valence-corrected chi connectivity index (χ0v) is 14.5. The van der Waals surface area contributed by atoms with Crippen LogP contribution in [0.25, 0.3) is 0 Å². The Morgan fingerprint density at radius 2 is 1.96 bits per heavy atom. The van der Waals surface area contributed by atoms with Gasteiger partial charge < -0.3 is 14.5 Å². The summed E-state index contributed by atoms with van der Waals surface area (Å²) in [7, 11) is 1.58. The van der Waals surface area contributed by atoms with E-state index in [9.17, 15) is 9.59 Å². The van der Waals surface area contributed by atoms with E-state index in [1.54, 1.807) is 43.5 Å². The van der Waals surface area contributed by atoms with E-state index in [1.807, 2.05) is 0 Å². The average Bonchev–Trinajstić information content (AvgIpc) is 2.99. The lowest BCUT2D eigenvalue weighted by Gasteiger charge is -2.05. The van der Waals surface area contributed by atoms with Crippen molar-refractivity contribution in [2.45, 2.75) is 6.42 Å². The Bertz CT molecular complexity index is 725. The normalized spacial score (nSPS) is 10.6. The van der Waals surface area contributed by atoms with Gasteiger partial charge in [0.25, 0.3) is 5.91 Å². The number of halogens is 1. The van der Waals surface area contributed by atoms with Crippen molar-refractivity contribution >= 4 is 34.0 Å². The third-order valence-electron chi connectivity index (χ3n) is 2.94. The van der Waals surface area contributed by atoms with Crippen molar-refractivity contribution in [2.24, 2.45) is 5.10 Å². The fourth-order valence-corrected chi connectivity index (χ4v) is 2.09. The lowest BCUT2D eigenvalue weighted by atomic mass is 10.1. The van der Waals surface area contributed by atoms with E-state index >= 15 is 0 Å². The lowest BCUT2D eigenvalue weighted by Crippen LogP contribution is -2.35. The maximum Gasteiger partial charge on any atom is 0.259 e. The van der Waals surface area contributed by atoms with Gasteiger partial charge in [0.05, 0.1) is 26.3 Å². The van der Waals surface area contributed by atoms with Crippen LogP contribution in [-0.2, 0) is 16.0 Å². The first kappa shape index (κ1) is 17.7. The monoisotopic (exact) mass is 393 g/mol. The molecule has 0 fully saturated rings. The first-order valence-corrected chi connectivity index (χ1v) is 7.83. The van der Waals surface area contributed by atoms with Gasteiger partial charge in [-0.1, -0.05) is 12.1 Å². The number of amides is 2. The smallest absolute Gasteiger partial charge is 0.259 e. The molecule has 0 radical (unpaired) electrons. The van der Waals surface area contributed by atoms with Gasteiger partial charge in [-0.3, -0.25) is 9.59 Å². The summed E-state index contributed by atoms with van der Waals surface area (Å²) in [5.74, 6) is 0.528. The Hall–Kier alpha value is -2.61. The molecule has 0 unspecified atom stereocenters. The molecule has 0 aliphatic heterocycles. The molecule has 2 rings (SSSR count). The first-order chi connectivity index (χ1) is 11.6. The average molecular weight is 394 g/mol. The minimum Gasteiger partial charge on any atom is -0.497 e. The second-order valence-corrected chi connectivity index (χ2v) is 5.52. The van der Waals surface area contributed by atoms with E-state index in [-0.39, 0.29) is 18.9 Å². The number of hydrogen-bond donors (Lipinski definition) is 2. The van der Waals surface area contributed by atoms with E-state index in [0.717, 1.165) is 11.3 Å². The first-order valence-electron chi connectivity index (χ1n) is 7.03. The van der Waals surface area contributed by atoms with Gasteiger partial charge in [-0.25, -0.2) is 5.43 Å². The van der Waals surface area contributed by atoms with Gasteiger partial charge in [-0.2, -0.15) is 5.10 Å². The molecule has 24 heavy (non-hydrogen) atoms. The number of rotatable bonds is 7. The van der Waals surface area contributed by atoms with E-state index in [0.29, 0.717) is 10.4 Å². The molecule has 0 saturated carbocycles. The zero-order chi connectivity index (χ0) is 17.4. The van der Waals surface area contributed by atoms with E-state index in [4.69, 9.17) is 9.15 Å². The second-order valence-electron chi connectivity index (χ2n) is 4.74. The lowest BCUT2D eigenvalue weighted by molar-refractivity contribution is -0.125. The van der Waals surface area contributed by atoms with Gasteiger partial charge in [-0.15, -0.1) is 0 Å². The summed E-state index contributed by atoms with van der Waals surface area (Å²) in [6, 6.07) is 10.5. The summed E-state index contributed by atoms with van der Waals surface area (Å²) in [4.78, 5) is 23.4. The van der Waals surface area contributed by atoms with Crippen LogP contribution >= 0.6 is 15.9 Å². The molecule has 0 aliphatic carbocycles. The largest absolute Gasteiger partial charge is 0.497 e. The van der Waals surface area contributed by atoms with Crippen LogP contribution in [0.5, 0.6) is 5.75 Å². The number of nitrogens with one attached hydrogen (secondary N) is 2. The summed E-state index contributed by atoms with van der Waals surface area (Å²) >= 11 is 3.16. The molecule has 126 valence electrons. The van der Waals surface area contributed by atoms with Crippen LogP contribution in [0.2, 0.25) is 0 Å². The van der Waals surface area contributed by atoms with Gasteiger partial charge in [0.1, 0.15) is 11.5 Å². The molecule has 2 N–H and O–H groups in total. The Morgan fingerprint density at radius 1 is 1.21 bits per heavy atom. The molecular formula is C16H16BrN3O4. The number of furan rings is 1. The molecule has 1 aromatic carbocycles. The van der Waals surface area contributed by atoms with Crippen LogP contribution in [0.3, 0.4) is 0 Å². The van der Waals surface area contributed by atoms with Gasteiger partial charge >= 0.3 is 0 Å². The Morgan fingerprint density at radius 3 is 2.58 bits per heavy atom. The zero-order valence-electron chi connectivity index (χ0n) is 12.9. The highest BCUT2D eigenvalue weighted by Gasteiger charge is 2.06. The number of carbonyl (C=O) groups excluding carboxylic acids is 2. The Labute approximate surface area is 147 Å². The van der Waals surface area contributed by atoms with Crippen molar-refractivity contribution < 1.29 is 18.7 Å². The maximum atomic E-state index is 11.8. The minimum absolute atomic E-state index is 0.159. The van der Waals surface area contributed by atoms with Crippen LogP contribution in [0.1, 0.15) is 11.3 Å². The third-order valence-corrected chi connectivity index (χ3v) is 3.37. The summed E-state index contributed by atoms with van der Waals surface area (Å²) < 4.78 is 10.8. The summed E-state index contributed by atoms with van der Waals surface area (Å²) in [5, 5.41) is 6.26. The van der Waals surface area contributed by atoms with Crippen LogP contribution in [-0.4, -0.2) is 31.7 Å². The fourth-order valence-electron chi connectivity index (χ4n) is 1.78. The molecule has 7 nitrogen and oxygen atoms in total. The number of hydrazone groups is 1. The molecule has 1 aromatic heterocycles. The van der Waals surface area contributed by atoms with Crippen LogP contribution in [0.4, 0.5) is 0 Å². The Kier molecular flexibility index (Phi) is 6.56. The highest BCUT2D eigenvalue weighted by molar-refractivity contribution is 9.10. The van der Waals surface area contributed by atoms with Crippen LogP contribution < -0.4 is 15.5 Å². The molecule has 1 heterocycles. The number of nitrogens with zero attached hydrogens (tertiary/aromatic N) is 1. The summed E-state index contributed by atoms with van der Waals surface area (Å²) in [6.07, 6.45) is 1.54. The van der Waals surface area contributed by atoms with Crippen molar-refractivity contribution in [1.82, 2.24) is 10.7 Å². The second kappa shape index (κ2) is 8.88. The van der Waals surface area contributed by atoms with E-state index < -0.39 is 5.91 Å². The van der Waals surface area contributed by atoms with Crippen LogP contribution in [0.15, 0.2) is 50.6 Å². The van der Waals surface area contributed by atoms with Gasteiger partial charge in [0, 0.05) is 0 Å². The number of carbonyl (C=O) groups is 2. The highest BCUT2D eigenvalue weighted by Crippen LogP contribution is 2.12. The summed E-state index contributed by atoms with van der Waals surface area (Å²) in [6.45, 7) is -0.159. The highest BCUT2D eigenvalue weighted by atomic mass is 79.9. The predicted octanol–water partition coefficient (Wildman–Crippen LogP) is 1.86. The third kappa shape index (κ3) is 5.88. The Balaban J connectivity index is 1.70. The topological polar surface area (TPSA) is 92.9 Å². The standard InChI is InChI=1S/C16H16BrN3O4/c1-23-12-4-2-11(3-5-12)8-15(21)18-10-16(22)20-19-9-13-6-7-14(17)24-13/h2-7,9H,8,10H2,1H3,(H,18,21)(H,20,22). The molecular weight excluding hydrogens is 378 g/mol. The predicted molar refractivity (Wildman–Crippen MR) is 91.9 cm³/mol. The number of benzene rings is 1. The van der Waals surface area contributed by atoms with Gasteiger partial charge in [0.15, 0.2) is 4.67 Å². The van der Waals surface area contributed by atoms with Gasteiger partial charge in [-0.05, 0) is 45.8 Å². The fraction of sp³-hybridized carbons (Fsp3) is 0.188. The molecule has 0 bridgehead atoms. The van der Waals surface area contributed by atoms with Crippen molar-refractivity contribution in [3.05, 3.63) is 52.4 Å². The van der Waals surface area contributed by atoms with Crippen molar-refractivity contribution in [2.75, 3.05) is 13.7 Å². The van der Waals surface area contributed by atoms with E-state index in [1.165, 1.54) is 6.21 Å². The summed E-state index contributed by atoms with van der Waals surface area (Å²) in [5.41, 5.74) is 3.13. The molecule has 0 saturated heterocycles. The molecule has 0 aliphatic rings. The van der Waals surface area contributed by atoms with Crippen molar-refractivity contribution in [3.8, 4) is 5.75 Å². The molecule has 8 heteroatoms. The number of ether oxygens (including phenoxy) is 1. The molecule has 0 spiro atoms. The van der Waals surface area contributed by atoms with Crippen molar-refractivity contribution in [3.63, 3.8) is 0 Å². The molecule has 2 amide bonds. The van der Waals surface area contributed by atoms with Crippen molar-refractivity contribution in [1.29, 1.82) is 0 Å². The number of hydrogen-bond acceptors (Lipinski definition) is 5. The quantitative estimate of drug-likeness (QED) is 0.554. The maximum absolute atomic E-state index is 11.8.